The van der Waals surface area contributed by atoms with E-state index in [0.29, 0.717) is 10.9 Å². The van der Waals surface area contributed by atoms with E-state index in [1.54, 1.807) is 0 Å². The Morgan fingerprint density at radius 1 is 1.30 bits per heavy atom. The zero-order valence-electron chi connectivity index (χ0n) is 13.8. The van der Waals surface area contributed by atoms with Crippen LogP contribution < -0.4 is 4.90 Å². The summed E-state index contributed by atoms with van der Waals surface area (Å²) >= 11 is 6.39. The molecule has 2 fully saturated rings. The van der Waals surface area contributed by atoms with Gasteiger partial charge in [0.1, 0.15) is 5.84 Å². The molecule has 1 aromatic carbocycles. The summed E-state index contributed by atoms with van der Waals surface area (Å²) in [4.78, 5) is 8.94. The summed E-state index contributed by atoms with van der Waals surface area (Å²) in [5, 5.41) is 9.97. The Hall–Kier alpha value is -1.57. The summed E-state index contributed by atoms with van der Waals surface area (Å²) in [5.41, 5.74) is 0.857. The summed E-state index contributed by atoms with van der Waals surface area (Å²) in [7, 11) is 0. The Morgan fingerprint density at radius 3 is 2.78 bits per heavy atom. The monoisotopic (exact) mass is 330 g/mol. The molecule has 0 bridgehead atoms. The fraction of sp³-hybridized carbons (Fsp3) is 0.556. The molecule has 1 unspecified atom stereocenters. The summed E-state index contributed by atoms with van der Waals surface area (Å²) in [6.07, 6.45) is 5.27. The van der Waals surface area contributed by atoms with E-state index in [9.17, 15) is 5.26 Å². The van der Waals surface area contributed by atoms with Crippen LogP contribution >= 0.6 is 11.6 Å². The SMILES string of the molecule is CC(C)CN1CCCC12CCN(c1ccccc1Cl)/C2=N/C#N. The van der Waals surface area contributed by atoms with Crippen LogP contribution in [0.25, 0.3) is 0 Å². The van der Waals surface area contributed by atoms with Crippen molar-refractivity contribution in [2.24, 2.45) is 10.9 Å². The van der Waals surface area contributed by atoms with E-state index in [4.69, 9.17) is 11.6 Å². The van der Waals surface area contributed by atoms with E-state index in [2.05, 4.69) is 28.6 Å². The first kappa shape index (κ1) is 16.3. The molecule has 5 heteroatoms. The van der Waals surface area contributed by atoms with Crippen molar-refractivity contribution in [1.82, 2.24) is 4.90 Å². The van der Waals surface area contributed by atoms with Crippen molar-refractivity contribution in [3.63, 3.8) is 0 Å². The number of para-hydroxylation sites is 1. The van der Waals surface area contributed by atoms with Gasteiger partial charge in [0.15, 0.2) is 0 Å². The minimum absolute atomic E-state index is 0.0980. The van der Waals surface area contributed by atoms with Crippen molar-refractivity contribution in [1.29, 1.82) is 5.26 Å². The van der Waals surface area contributed by atoms with E-state index in [1.165, 1.54) is 0 Å². The van der Waals surface area contributed by atoms with E-state index in [0.717, 1.165) is 50.4 Å². The van der Waals surface area contributed by atoms with Crippen molar-refractivity contribution in [3.8, 4) is 6.19 Å². The summed E-state index contributed by atoms with van der Waals surface area (Å²) in [6, 6.07) is 7.82. The molecule has 122 valence electrons. The van der Waals surface area contributed by atoms with Gasteiger partial charge in [-0.15, -0.1) is 0 Å². The van der Waals surface area contributed by atoms with Crippen LogP contribution in [0, 0.1) is 17.4 Å². The maximum absolute atomic E-state index is 9.26. The lowest BCUT2D eigenvalue weighted by molar-refractivity contribution is 0.183. The molecule has 1 spiro atoms. The fourth-order valence-corrected chi connectivity index (χ4v) is 4.30. The molecule has 0 N–H and O–H groups in total. The molecule has 0 saturated carbocycles. The molecule has 0 amide bonds. The quantitative estimate of drug-likeness (QED) is 0.789. The minimum Gasteiger partial charge on any atom is -0.326 e. The van der Waals surface area contributed by atoms with Crippen molar-refractivity contribution >= 4 is 23.1 Å². The Labute approximate surface area is 143 Å². The van der Waals surface area contributed by atoms with Crippen LogP contribution in [0.1, 0.15) is 33.1 Å². The lowest BCUT2D eigenvalue weighted by Gasteiger charge is -2.36. The smallest absolute Gasteiger partial charge is 0.207 e. The van der Waals surface area contributed by atoms with Gasteiger partial charge in [0.2, 0.25) is 6.19 Å². The van der Waals surface area contributed by atoms with E-state index in [-0.39, 0.29) is 5.54 Å². The van der Waals surface area contributed by atoms with Crippen LogP contribution in [0.4, 0.5) is 5.69 Å². The molecule has 1 atom stereocenters. The van der Waals surface area contributed by atoms with Gasteiger partial charge in [-0.2, -0.15) is 10.3 Å². The predicted octanol–water partition coefficient (Wildman–Crippen LogP) is 3.92. The van der Waals surface area contributed by atoms with Gasteiger partial charge in [-0.3, -0.25) is 4.90 Å². The number of hydrogen-bond donors (Lipinski definition) is 0. The number of hydrogen-bond acceptors (Lipinski definition) is 3. The van der Waals surface area contributed by atoms with Crippen LogP contribution in [0.2, 0.25) is 5.02 Å². The topological polar surface area (TPSA) is 42.6 Å². The van der Waals surface area contributed by atoms with Gasteiger partial charge in [0.25, 0.3) is 0 Å². The highest BCUT2D eigenvalue weighted by Crippen LogP contribution is 2.42. The Kier molecular flexibility index (Phi) is 4.61. The number of nitriles is 1. The van der Waals surface area contributed by atoms with Crippen LogP contribution in [0.5, 0.6) is 0 Å². The maximum atomic E-state index is 9.26. The molecule has 2 aliphatic rings. The van der Waals surface area contributed by atoms with Gasteiger partial charge < -0.3 is 4.90 Å². The third-order valence-corrected chi connectivity index (χ3v) is 5.25. The first-order valence-electron chi connectivity index (χ1n) is 8.33. The van der Waals surface area contributed by atoms with Crippen LogP contribution in [-0.4, -0.2) is 35.9 Å². The predicted molar refractivity (Wildman–Crippen MR) is 94.8 cm³/mol. The molecule has 23 heavy (non-hydrogen) atoms. The number of amidine groups is 1. The highest BCUT2D eigenvalue weighted by molar-refractivity contribution is 6.34. The molecule has 3 rings (SSSR count). The summed E-state index contributed by atoms with van der Waals surface area (Å²) < 4.78 is 0. The Bertz CT molecular complexity index is 649. The molecular weight excluding hydrogens is 308 g/mol. The number of benzene rings is 1. The largest absolute Gasteiger partial charge is 0.326 e. The molecular formula is C18H23ClN4. The number of halogens is 1. The fourth-order valence-electron chi connectivity index (χ4n) is 4.06. The summed E-state index contributed by atoms with van der Waals surface area (Å²) in [6.45, 7) is 7.47. The van der Waals surface area contributed by atoms with Crippen molar-refractivity contribution in [2.45, 2.75) is 38.6 Å². The number of rotatable bonds is 3. The third kappa shape index (κ3) is 2.84. The lowest BCUT2D eigenvalue weighted by Crippen LogP contribution is -2.51. The van der Waals surface area contributed by atoms with E-state index >= 15 is 0 Å². The Morgan fingerprint density at radius 2 is 2.09 bits per heavy atom. The molecule has 2 saturated heterocycles. The third-order valence-electron chi connectivity index (χ3n) is 4.93. The highest BCUT2D eigenvalue weighted by Gasteiger charge is 2.51. The average molecular weight is 331 g/mol. The summed E-state index contributed by atoms with van der Waals surface area (Å²) in [5.74, 6) is 1.48. The first-order chi connectivity index (χ1) is 11.1. The van der Waals surface area contributed by atoms with Gasteiger partial charge >= 0.3 is 0 Å². The van der Waals surface area contributed by atoms with E-state index in [1.807, 2.05) is 30.5 Å². The van der Waals surface area contributed by atoms with E-state index < -0.39 is 0 Å². The van der Waals surface area contributed by atoms with Crippen molar-refractivity contribution in [2.75, 3.05) is 24.5 Å². The normalized spacial score (nSPS) is 26.6. The molecule has 1 aromatic rings. The first-order valence-corrected chi connectivity index (χ1v) is 8.70. The molecule has 2 heterocycles. The van der Waals surface area contributed by atoms with Crippen molar-refractivity contribution in [3.05, 3.63) is 29.3 Å². The van der Waals surface area contributed by atoms with Crippen LogP contribution in [0.3, 0.4) is 0 Å². The van der Waals surface area contributed by atoms with Gasteiger partial charge in [-0.05, 0) is 43.9 Å². The van der Waals surface area contributed by atoms with Crippen LogP contribution in [-0.2, 0) is 0 Å². The number of nitrogens with zero attached hydrogens (tertiary/aromatic N) is 4. The molecule has 4 nitrogen and oxygen atoms in total. The van der Waals surface area contributed by atoms with Gasteiger partial charge in [0, 0.05) is 13.1 Å². The molecule has 0 aromatic heterocycles. The molecule has 2 aliphatic heterocycles. The second-order valence-electron chi connectivity index (χ2n) is 6.86. The average Bonchev–Trinajstić information content (AvgIpc) is 3.07. The highest BCUT2D eigenvalue weighted by atomic mass is 35.5. The Balaban J connectivity index is 2.00. The second kappa shape index (κ2) is 6.51. The molecule has 0 aliphatic carbocycles. The number of likely N-dealkylation sites (tertiary alicyclic amines) is 1. The number of aliphatic imine (C=N–C) groups is 1. The number of anilines is 1. The zero-order chi connectivity index (χ0) is 16.4. The van der Waals surface area contributed by atoms with Gasteiger partial charge in [-0.25, -0.2) is 0 Å². The zero-order valence-corrected chi connectivity index (χ0v) is 14.6. The minimum atomic E-state index is -0.0980. The second-order valence-corrected chi connectivity index (χ2v) is 7.27. The van der Waals surface area contributed by atoms with Crippen LogP contribution in [0.15, 0.2) is 29.3 Å². The standard InChI is InChI=1S/C18H23ClN4/c1-14(2)12-22-10-5-8-18(22)9-11-23(17(18)21-13-20)16-7-4-3-6-15(16)19/h3-4,6-7,14H,5,8-12H2,1-2H3/b21-17+. The lowest BCUT2D eigenvalue weighted by atomic mass is 9.93. The van der Waals surface area contributed by atoms with Crippen molar-refractivity contribution < 1.29 is 0 Å². The van der Waals surface area contributed by atoms with Gasteiger partial charge in [-0.1, -0.05) is 37.6 Å². The van der Waals surface area contributed by atoms with Gasteiger partial charge in [0.05, 0.1) is 16.2 Å². The maximum Gasteiger partial charge on any atom is 0.207 e. The molecule has 0 radical (unpaired) electrons.